The van der Waals surface area contributed by atoms with Gasteiger partial charge in [-0.1, -0.05) is 0 Å². The highest BCUT2D eigenvalue weighted by molar-refractivity contribution is 5.47. The Morgan fingerprint density at radius 1 is 1.47 bits per heavy atom. The van der Waals surface area contributed by atoms with Gasteiger partial charge in [0.15, 0.2) is 0 Å². The molecular formula is C11H14N4. The predicted octanol–water partition coefficient (Wildman–Crippen LogP) is 2.01. The average Bonchev–Trinajstić information content (AvgIpc) is 2.63. The van der Waals surface area contributed by atoms with Crippen molar-refractivity contribution in [2.45, 2.75) is 13.8 Å². The molecule has 1 N–H and O–H groups in total. The highest BCUT2D eigenvalue weighted by atomic mass is 15.3. The zero-order chi connectivity index (χ0) is 10.7. The van der Waals surface area contributed by atoms with Gasteiger partial charge in [-0.3, -0.25) is 4.98 Å². The molecule has 0 bridgehead atoms. The van der Waals surface area contributed by atoms with Crippen molar-refractivity contribution in [2.24, 2.45) is 0 Å². The summed E-state index contributed by atoms with van der Waals surface area (Å²) in [6.07, 6.45) is 5.53. The van der Waals surface area contributed by atoms with E-state index in [0.29, 0.717) is 0 Å². The van der Waals surface area contributed by atoms with Crippen molar-refractivity contribution in [1.82, 2.24) is 14.8 Å². The molecule has 4 nitrogen and oxygen atoms in total. The summed E-state index contributed by atoms with van der Waals surface area (Å²) in [5, 5.41) is 7.68. The van der Waals surface area contributed by atoms with E-state index in [1.165, 1.54) is 0 Å². The molecule has 0 saturated heterocycles. The Kier molecular flexibility index (Phi) is 2.67. The maximum Gasteiger partial charge on any atom is 0.0829 e. The number of pyridine rings is 1. The first-order chi connectivity index (χ1) is 7.31. The minimum atomic E-state index is 0.902. The quantitative estimate of drug-likeness (QED) is 0.827. The maximum atomic E-state index is 4.41. The minimum absolute atomic E-state index is 0.902. The lowest BCUT2D eigenvalue weighted by Crippen LogP contribution is -1.96. The van der Waals surface area contributed by atoms with Gasteiger partial charge in [0.1, 0.15) is 0 Å². The Balaban J connectivity index is 2.34. The summed E-state index contributed by atoms with van der Waals surface area (Å²) >= 11 is 0. The van der Waals surface area contributed by atoms with Crippen molar-refractivity contribution >= 4 is 5.69 Å². The molecule has 2 aromatic heterocycles. The number of nitrogens with zero attached hydrogens (tertiary/aromatic N) is 3. The van der Waals surface area contributed by atoms with Crippen LogP contribution >= 0.6 is 0 Å². The molecule has 78 valence electrons. The smallest absolute Gasteiger partial charge is 0.0829 e. The van der Waals surface area contributed by atoms with Gasteiger partial charge in [0, 0.05) is 12.7 Å². The fourth-order valence-corrected chi connectivity index (χ4v) is 1.45. The van der Waals surface area contributed by atoms with Crippen molar-refractivity contribution in [3.05, 3.63) is 36.4 Å². The number of hydrogen-bond donors (Lipinski definition) is 1. The van der Waals surface area contributed by atoms with Crippen molar-refractivity contribution in [1.29, 1.82) is 0 Å². The maximum absolute atomic E-state index is 4.41. The highest BCUT2D eigenvalue weighted by Gasteiger charge is 2.04. The normalized spacial score (nSPS) is 10.3. The van der Waals surface area contributed by atoms with Gasteiger partial charge in [-0.2, -0.15) is 5.10 Å². The second-order valence-electron chi connectivity index (χ2n) is 3.31. The summed E-state index contributed by atoms with van der Waals surface area (Å²) in [5.41, 5.74) is 3.05. The van der Waals surface area contributed by atoms with E-state index in [2.05, 4.69) is 22.3 Å². The fraction of sp³-hybridized carbons (Fsp3) is 0.273. The molecule has 0 saturated carbocycles. The SMILES string of the molecule is CCNc1cn(-c2cccnc2)nc1C. The van der Waals surface area contributed by atoms with Crippen LogP contribution < -0.4 is 5.32 Å². The van der Waals surface area contributed by atoms with Crippen LogP contribution in [-0.4, -0.2) is 21.3 Å². The summed E-state index contributed by atoms with van der Waals surface area (Å²) < 4.78 is 1.83. The first-order valence-electron chi connectivity index (χ1n) is 5.02. The van der Waals surface area contributed by atoms with Gasteiger partial charge in [0.05, 0.1) is 29.5 Å². The second-order valence-corrected chi connectivity index (χ2v) is 3.31. The number of aryl methyl sites for hydroxylation is 1. The lowest BCUT2D eigenvalue weighted by Gasteiger charge is -1.98. The van der Waals surface area contributed by atoms with E-state index in [1.807, 2.05) is 29.9 Å². The topological polar surface area (TPSA) is 42.7 Å². The molecule has 2 heterocycles. The van der Waals surface area contributed by atoms with Crippen LogP contribution in [0, 0.1) is 6.92 Å². The number of nitrogens with one attached hydrogen (secondary N) is 1. The molecule has 0 unspecified atom stereocenters. The molecule has 0 amide bonds. The van der Waals surface area contributed by atoms with Gasteiger partial charge < -0.3 is 5.32 Å². The van der Waals surface area contributed by atoms with Crippen LogP contribution in [0.3, 0.4) is 0 Å². The molecule has 15 heavy (non-hydrogen) atoms. The van der Waals surface area contributed by atoms with Gasteiger partial charge in [0.2, 0.25) is 0 Å². The van der Waals surface area contributed by atoms with Gasteiger partial charge >= 0.3 is 0 Å². The Hall–Kier alpha value is -1.84. The van der Waals surface area contributed by atoms with E-state index in [9.17, 15) is 0 Å². The largest absolute Gasteiger partial charge is 0.383 e. The van der Waals surface area contributed by atoms with Gasteiger partial charge in [0.25, 0.3) is 0 Å². The molecule has 0 aliphatic heterocycles. The third kappa shape index (κ3) is 1.98. The zero-order valence-electron chi connectivity index (χ0n) is 8.94. The van der Waals surface area contributed by atoms with E-state index in [1.54, 1.807) is 12.4 Å². The summed E-state index contributed by atoms with van der Waals surface area (Å²) in [6.45, 7) is 4.96. The van der Waals surface area contributed by atoms with Crippen LogP contribution in [0.2, 0.25) is 0 Å². The van der Waals surface area contributed by atoms with Crippen LogP contribution in [0.25, 0.3) is 5.69 Å². The van der Waals surface area contributed by atoms with Gasteiger partial charge in [-0.25, -0.2) is 4.68 Å². The Morgan fingerprint density at radius 2 is 2.33 bits per heavy atom. The highest BCUT2D eigenvalue weighted by Crippen LogP contribution is 2.15. The van der Waals surface area contributed by atoms with Gasteiger partial charge in [-0.15, -0.1) is 0 Å². The Labute approximate surface area is 89.0 Å². The van der Waals surface area contributed by atoms with Crippen LogP contribution in [0.1, 0.15) is 12.6 Å². The molecule has 0 aromatic carbocycles. The van der Waals surface area contributed by atoms with E-state index in [4.69, 9.17) is 0 Å². The monoisotopic (exact) mass is 202 g/mol. The number of rotatable bonds is 3. The van der Waals surface area contributed by atoms with Crippen molar-refractivity contribution in [3.63, 3.8) is 0 Å². The molecule has 0 radical (unpaired) electrons. The summed E-state index contributed by atoms with van der Waals surface area (Å²) in [7, 11) is 0. The third-order valence-electron chi connectivity index (χ3n) is 2.18. The summed E-state index contributed by atoms with van der Waals surface area (Å²) in [6, 6.07) is 3.88. The van der Waals surface area contributed by atoms with Crippen LogP contribution in [0.15, 0.2) is 30.7 Å². The molecule has 0 aliphatic carbocycles. The summed E-state index contributed by atoms with van der Waals surface area (Å²) in [4.78, 5) is 4.06. The molecule has 4 heteroatoms. The standard InChI is InChI=1S/C11H14N4/c1-3-13-11-8-15(14-9(11)2)10-5-4-6-12-7-10/h4-8,13H,3H2,1-2H3. The van der Waals surface area contributed by atoms with E-state index in [-0.39, 0.29) is 0 Å². The Morgan fingerprint density at radius 3 is 3.00 bits per heavy atom. The number of anilines is 1. The molecular weight excluding hydrogens is 188 g/mol. The molecule has 2 rings (SSSR count). The molecule has 0 spiro atoms. The fourth-order valence-electron chi connectivity index (χ4n) is 1.45. The lowest BCUT2D eigenvalue weighted by atomic mass is 10.4. The van der Waals surface area contributed by atoms with E-state index in [0.717, 1.165) is 23.6 Å². The second kappa shape index (κ2) is 4.13. The number of aromatic nitrogens is 3. The first-order valence-corrected chi connectivity index (χ1v) is 5.02. The van der Waals surface area contributed by atoms with Crippen LogP contribution in [-0.2, 0) is 0 Å². The van der Waals surface area contributed by atoms with Crippen molar-refractivity contribution < 1.29 is 0 Å². The van der Waals surface area contributed by atoms with Crippen LogP contribution in [0.4, 0.5) is 5.69 Å². The molecule has 0 atom stereocenters. The molecule has 2 aromatic rings. The van der Waals surface area contributed by atoms with Crippen molar-refractivity contribution in [3.8, 4) is 5.69 Å². The third-order valence-corrected chi connectivity index (χ3v) is 2.18. The predicted molar refractivity (Wildman–Crippen MR) is 60.3 cm³/mol. The van der Waals surface area contributed by atoms with Crippen molar-refractivity contribution in [2.75, 3.05) is 11.9 Å². The van der Waals surface area contributed by atoms with E-state index >= 15 is 0 Å². The molecule has 0 aliphatic rings. The average molecular weight is 202 g/mol. The zero-order valence-corrected chi connectivity index (χ0v) is 8.94. The van der Waals surface area contributed by atoms with Crippen LogP contribution in [0.5, 0.6) is 0 Å². The molecule has 0 fully saturated rings. The van der Waals surface area contributed by atoms with Gasteiger partial charge in [-0.05, 0) is 26.0 Å². The lowest BCUT2D eigenvalue weighted by molar-refractivity contribution is 0.857. The first kappa shape index (κ1) is 9.71. The number of hydrogen-bond acceptors (Lipinski definition) is 3. The van der Waals surface area contributed by atoms with E-state index < -0.39 is 0 Å². The minimum Gasteiger partial charge on any atom is -0.383 e. The Bertz CT molecular complexity index is 433. The summed E-state index contributed by atoms with van der Waals surface area (Å²) in [5.74, 6) is 0.